The van der Waals surface area contributed by atoms with Crippen molar-refractivity contribution in [1.82, 2.24) is 0 Å². The van der Waals surface area contributed by atoms with Gasteiger partial charge in [0.25, 0.3) is 0 Å². The first-order valence-corrected chi connectivity index (χ1v) is 6.16. The molecule has 2 aromatic rings. The summed E-state index contributed by atoms with van der Waals surface area (Å²) in [6.45, 7) is 0. The van der Waals surface area contributed by atoms with Crippen molar-refractivity contribution in [2.24, 2.45) is 0 Å². The van der Waals surface area contributed by atoms with Gasteiger partial charge in [0.05, 0.1) is 5.92 Å². The van der Waals surface area contributed by atoms with Crippen molar-refractivity contribution in [2.75, 3.05) is 0 Å². The molecule has 0 fully saturated rings. The quantitative estimate of drug-likeness (QED) is 0.631. The number of rotatable bonds is 0. The molecule has 1 heterocycles. The van der Waals surface area contributed by atoms with Crippen LogP contribution in [0.1, 0.15) is 22.6 Å². The van der Waals surface area contributed by atoms with Gasteiger partial charge >= 0.3 is 0 Å². The van der Waals surface area contributed by atoms with Crippen LogP contribution in [0.25, 0.3) is 6.08 Å². The van der Waals surface area contributed by atoms with E-state index in [9.17, 15) is 0 Å². The maximum absolute atomic E-state index is 5.98. The highest BCUT2D eigenvalue weighted by molar-refractivity contribution is 6.32. The molecule has 84 valence electrons. The summed E-state index contributed by atoms with van der Waals surface area (Å²) in [4.78, 5) is 0. The van der Waals surface area contributed by atoms with E-state index >= 15 is 0 Å². The van der Waals surface area contributed by atoms with Crippen LogP contribution in [0.3, 0.4) is 0 Å². The van der Waals surface area contributed by atoms with Gasteiger partial charge < -0.3 is 4.74 Å². The summed E-state index contributed by atoms with van der Waals surface area (Å²) in [5, 5.41) is 0. The zero-order valence-corrected chi connectivity index (χ0v) is 9.84. The molecule has 2 radical (unpaired) electrons. The van der Waals surface area contributed by atoms with E-state index in [1.54, 1.807) is 0 Å². The van der Waals surface area contributed by atoms with Gasteiger partial charge in [0.2, 0.25) is 0 Å². The molecule has 0 N–H and O–H groups in total. The fourth-order valence-corrected chi connectivity index (χ4v) is 2.94. The Morgan fingerprint density at radius 3 is 2.83 bits per heavy atom. The van der Waals surface area contributed by atoms with E-state index in [0.29, 0.717) is 5.92 Å². The molecule has 0 saturated carbocycles. The molecule has 2 aromatic carbocycles. The number of hydrogen-bond acceptors (Lipinski definition) is 1. The molecule has 0 saturated heterocycles. The third kappa shape index (κ3) is 1.29. The van der Waals surface area contributed by atoms with Crippen molar-refractivity contribution in [3.8, 4) is 5.75 Å². The Bertz CT molecular complexity index is 660. The molecule has 1 aliphatic carbocycles. The van der Waals surface area contributed by atoms with Crippen LogP contribution in [0.4, 0.5) is 0 Å². The van der Waals surface area contributed by atoms with Gasteiger partial charge in [-0.2, -0.15) is 0 Å². The van der Waals surface area contributed by atoms with Crippen LogP contribution < -0.4 is 10.2 Å². The van der Waals surface area contributed by atoms with Gasteiger partial charge in [0.1, 0.15) is 19.7 Å². The zero-order valence-electron chi connectivity index (χ0n) is 9.84. The first-order chi connectivity index (χ1) is 8.83. The lowest BCUT2D eigenvalue weighted by Crippen LogP contribution is -2.20. The lowest BCUT2D eigenvalue weighted by atomic mass is 9.81. The summed E-state index contributed by atoms with van der Waals surface area (Å²) in [6, 6.07) is 14.5. The SMILES string of the molecule is [B]c1ccc2c(c1)OC1C=Cc3ccccc3C21. The third-order valence-corrected chi connectivity index (χ3v) is 3.76. The highest BCUT2D eigenvalue weighted by Crippen LogP contribution is 2.45. The molecule has 0 bridgehead atoms. The molecule has 2 aliphatic rings. The summed E-state index contributed by atoms with van der Waals surface area (Å²) in [6.07, 6.45) is 4.39. The minimum absolute atomic E-state index is 0.108. The van der Waals surface area contributed by atoms with E-state index < -0.39 is 0 Å². The van der Waals surface area contributed by atoms with Crippen molar-refractivity contribution >= 4 is 19.4 Å². The molecule has 2 atom stereocenters. The second kappa shape index (κ2) is 3.52. The Morgan fingerprint density at radius 2 is 1.89 bits per heavy atom. The standard InChI is InChI=1S/C16H11BO/c17-11-6-7-13-15(9-11)18-14-8-5-10-3-1-2-4-12(10)16(13)14/h1-9,14,16H. The molecular formula is C16H11BO. The smallest absolute Gasteiger partial charge is 0.128 e. The van der Waals surface area contributed by atoms with E-state index in [4.69, 9.17) is 12.6 Å². The van der Waals surface area contributed by atoms with Gasteiger partial charge in [-0.05, 0) is 23.3 Å². The first-order valence-electron chi connectivity index (χ1n) is 6.16. The fraction of sp³-hybridized carbons (Fsp3) is 0.125. The molecule has 1 nitrogen and oxygen atoms in total. The van der Waals surface area contributed by atoms with Crippen LogP contribution in [-0.4, -0.2) is 14.0 Å². The summed E-state index contributed by atoms with van der Waals surface area (Å²) in [7, 11) is 5.82. The average Bonchev–Trinajstić information content (AvgIpc) is 2.76. The number of ether oxygens (including phenoxy) is 1. The zero-order chi connectivity index (χ0) is 12.1. The monoisotopic (exact) mass is 230 g/mol. The van der Waals surface area contributed by atoms with E-state index in [-0.39, 0.29) is 6.10 Å². The lowest BCUT2D eigenvalue weighted by molar-refractivity contribution is 0.267. The fourth-order valence-electron chi connectivity index (χ4n) is 2.94. The molecule has 18 heavy (non-hydrogen) atoms. The van der Waals surface area contributed by atoms with Gasteiger partial charge in [-0.15, -0.1) is 0 Å². The topological polar surface area (TPSA) is 9.23 Å². The molecule has 0 aromatic heterocycles. The van der Waals surface area contributed by atoms with Crippen molar-refractivity contribution in [3.05, 3.63) is 65.2 Å². The number of fused-ring (bicyclic) bond motifs is 5. The van der Waals surface area contributed by atoms with Crippen molar-refractivity contribution in [1.29, 1.82) is 0 Å². The molecule has 2 unspecified atom stereocenters. The Balaban J connectivity index is 1.93. The van der Waals surface area contributed by atoms with Crippen LogP contribution in [0.5, 0.6) is 5.75 Å². The number of benzene rings is 2. The Labute approximate surface area is 108 Å². The van der Waals surface area contributed by atoms with Crippen LogP contribution in [0, 0.1) is 0 Å². The summed E-state index contributed by atoms with van der Waals surface area (Å²) < 4.78 is 5.98. The van der Waals surface area contributed by atoms with E-state index in [1.165, 1.54) is 16.7 Å². The molecule has 2 heteroatoms. The van der Waals surface area contributed by atoms with Crippen molar-refractivity contribution in [3.63, 3.8) is 0 Å². The van der Waals surface area contributed by atoms with Gasteiger partial charge in [0, 0.05) is 5.56 Å². The summed E-state index contributed by atoms with van der Waals surface area (Å²) in [5.41, 5.74) is 4.62. The van der Waals surface area contributed by atoms with Crippen LogP contribution in [0.15, 0.2) is 48.5 Å². The maximum Gasteiger partial charge on any atom is 0.128 e. The minimum Gasteiger partial charge on any atom is -0.485 e. The first kappa shape index (κ1) is 10.0. The lowest BCUT2D eigenvalue weighted by Gasteiger charge is -2.22. The van der Waals surface area contributed by atoms with Crippen LogP contribution >= 0.6 is 0 Å². The molecule has 1 aliphatic heterocycles. The van der Waals surface area contributed by atoms with E-state index in [1.807, 2.05) is 12.1 Å². The second-order valence-electron chi connectivity index (χ2n) is 4.85. The predicted octanol–water partition coefficient (Wildman–Crippen LogP) is 2.40. The van der Waals surface area contributed by atoms with E-state index in [0.717, 1.165) is 11.2 Å². The third-order valence-electron chi connectivity index (χ3n) is 3.76. The van der Waals surface area contributed by atoms with Gasteiger partial charge in [-0.1, -0.05) is 47.9 Å². The Kier molecular flexibility index (Phi) is 1.96. The normalized spacial score (nSPS) is 22.9. The van der Waals surface area contributed by atoms with Gasteiger partial charge in [-0.25, -0.2) is 0 Å². The molecule has 0 spiro atoms. The average molecular weight is 230 g/mol. The minimum atomic E-state index is 0.108. The number of hydrogen-bond donors (Lipinski definition) is 0. The van der Waals surface area contributed by atoms with Crippen LogP contribution in [-0.2, 0) is 0 Å². The summed E-state index contributed by atoms with van der Waals surface area (Å²) >= 11 is 0. The van der Waals surface area contributed by atoms with Gasteiger partial charge in [-0.3, -0.25) is 0 Å². The predicted molar refractivity (Wildman–Crippen MR) is 73.6 cm³/mol. The summed E-state index contributed by atoms with van der Waals surface area (Å²) in [5.74, 6) is 1.23. The second-order valence-corrected chi connectivity index (χ2v) is 4.85. The molecular weight excluding hydrogens is 219 g/mol. The van der Waals surface area contributed by atoms with Crippen molar-refractivity contribution < 1.29 is 4.74 Å². The van der Waals surface area contributed by atoms with Crippen molar-refractivity contribution in [2.45, 2.75) is 12.0 Å². The van der Waals surface area contributed by atoms with Gasteiger partial charge in [0.15, 0.2) is 0 Å². The van der Waals surface area contributed by atoms with Crippen LogP contribution in [0.2, 0.25) is 0 Å². The Hall–Kier alpha value is -1.96. The van der Waals surface area contributed by atoms with E-state index in [2.05, 4.69) is 42.5 Å². The highest BCUT2D eigenvalue weighted by atomic mass is 16.5. The largest absolute Gasteiger partial charge is 0.485 e. The molecule has 4 rings (SSSR count). The Morgan fingerprint density at radius 1 is 1.00 bits per heavy atom. The molecule has 0 amide bonds. The highest BCUT2D eigenvalue weighted by Gasteiger charge is 2.36. The maximum atomic E-state index is 5.98.